The zero-order chi connectivity index (χ0) is 21.7. The maximum atomic E-state index is 12.9. The number of amides is 1. The normalized spacial score (nSPS) is 24.7. The molecule has 5 heteroatoms. The first-order chi connectivity index (χ1) is 15.7. The van der Waals surface area contributed by atoms with Crippen LogP contribution in [0.4, 0.5) is 0 Å². The van der Waals surface area contributed by atoms with Crippen molar-refractivity contribution in [2.24, 2.45) is 5.92 Å². The Kier molecular flexibility index (Phi) is 4.65. The van der Waals surface area contributed by atoms with Crippen LogP contribution in [0.25, 0.3) is 33.4 Å². The molecule has 0 saturated carbocycles. The van der Waals surface area contributed by atoms with E-state index in [9.17, 15) is 4.79 Å². The number of carbonyl (C=O) groups is 1. The summed E-state index contributed by atoms with van der Waals surface area (Å²) in [4.78, 5) is 18.7. The van der Waals surface area contributed by atoms with Crippen molar-refractivity contribution in [1.82, 2.24) is 15.2 Å². The van der Waals surface area contributed by atoms with Gasteiger partial charge in [-0.25, -0.2) is 0 Å². The smallest absolute Gasteiger partial charge is 0.287 e. The first kappa shape index (κ1) is 19.4. The zero-order valence-electron chi connectivity index (χ0n) is 18.2. The summed E-state index contributed by atoms with van der Waals surface area (Å²) in [6.07, 6.45) is 4.38. The van der Waals surface area contributed by atoms with Crippen molar-refractivity contribution in [3.05, 3.63) is 72.6 Å². The van der Waals surface area contributed by atoms with E-state index in [1.807, 2.05) is 30.5 Å². The monoisotopic (exact) mass is 425 g/mol. The number of aromatic amines is 1. The summed E-state index contributed by atoms with van der Waals surface area (Å²) in [5.74, 6) is 1.55. The van der Waals surface area contributed by atoms with E-state index in [-0.39, 0.29) is 11.9 Å². The standard InChI is InChI=1S/C27H27N3O2/c1-17-26(20-12-14-30(17)15-13-20)29-27(31)25-11-10-24(32-25)19-8-6-18(7-9-19)22-16-28-23-5-3-2-4-21(22)23/h2-11,16-17,20,26,28H,12-15H2,1H3,(H,29,31)/t17-,26-/m0/s1. The van der Waals surface area contributed by atoms with Crippen LogP contribution >= 0.6 is 0 Å². The summed E-state index contributed by atoms with van der Waals surface area (Å²) in [7, 11) is 0. The van der Waals surface area contributed by atoms with E-state index in [1.165, 1.54) is 23.8 Å². The Morgan fingerprint density at radius 2 is 1.75 bits per heavy atom. The number of piperidine rings is 3. The average Bonchev–Trinajstić information content (AvgIpc) is 3.50. The van der Waals surface area contributed by atoms with Crippen LogP contribution in [-0.4, -0.2) is 41.0 Å². The third-order valence-electron chi connectivity index (χ3n) is 7.37. The van der Waals surface area contributed by atoms with Gasteiger partial charge in [0.2, 0.25) is 0 Å². The molecule has 32 heavy (non-hydrogen) atoms. The highest BCUT2D eigenvalue weighted by Crippen LogP contribution is 2.33. The number of carbonyl (C=O) groups excluding carboxylic acids is 1. The van der Waals surface area contributed by atoms with Crippen LogP contribution < -0.4 is 5.32 Å². The molecule has 3 saturated heterocycles. The Labute approximate surface area is 187 Å². The lowest BCUT2D eigenvalue weighted by Crippen LogP contribution is -2.62. The molecule has 4 aromatic rings. The van der Waals surface area contributed by atoms with Gasteiger partial charge in [-0.3, -0.25) is 9.69 Å². The van der Waals surface area contributed by atoms with Crippen LogP contribution in [0.5, 0.6) is 0 Å². The second-order valence-electron chi connectivity index (χ2n) is 9.10. The Hall–Kier alpha value is -3.31. The average molecular weight is 426 g/mol. The van der Waals surface area contributed by atoms with Gasteiger partial charge in [-0.05, 0) is 62.5 Å². The molecule has 5 nitrogen and oxygen atoms in total. The fourth-order valence-electron chi connectivity index (χ4n) is 5.51. The van der Waals surface area contributed by atoms with E-state index >= 15 is 0 Å². The Bertz CT molecular complexity index is 1260. The maximum absolute atomic E-state index is 12.9. The van der Waals surface area contributed by atoms with Crippen molar-refractivity contribution in [3.8, 4) is 22.5 Å². The van der Waals surface area contributed by atoms with Gasteiger partial charge in [-0.2, -0.15) is 0 Å². The molecule has 2 atom stereocenters. The number of benzene rings is 2. The van der Waals surface area contributed by atoms with Crippen molar-refractivity contribution >= 4 is 16.8 Å². The molecule has 2 aromatic heterocycles. The van der Waals surface area contributed by atoms with Gasteiger partial charge in [0.1, 0.15) is 5.76 Å². The van der Waals surface area contributed by atoms with Crippen LogP contribution in [0, 0.1) is 5.92 Å². The van der Waals surface area contributed by atoms with Gasteiger partial charge in [-0.1, -0.05) is 42.5 Å². The van der Waals surface area contributed by atoms with Crippen LogP contribution in [0.3, 0.4) is 0 Å². The Morgan fingerprint density at radius 3 is 2.53 bits per heavy atom. The highest BCUT2D eigenvalue weighted by molar-refractivity contribution is 5.96. The van der Waals surface area contributed by atoms with Gasteiger partial charge >= 0.3 is 0 Å². The minimum Gasteiger partial charge on any atom is -0.451 e. The highest BCUT2D eigenvalue weighted by atomic mass is 16.3. The first-order valence-electron chi connectivity index (χ1n) is 11.5. The molecule has 5 heterocycles. The van der Waals surface area contributed by atoms with Crippen LogP contribution in [0.1, 0.15) is 30.3 Å². The lowest BCUT2D eigenvalue weighted by molar-refractivity contribution is 0.0211. The van der Waals surface area contributed by atoms with Crippen molar-refractivity contribution < 1.29 is 9.21 Å². The van der Waals surface area contributed by atoms with E-state index in [0.717, 1.165) is 29.7 Å². The molecule has 0 spiro atoms. The van der Waals surface area contributed by atoms with Crippen molar-refractivity contribution in [2.75, 3.05) is 13.1 Å². The van der Waals surface area contributed by atoms with E-state index in [0.29, 0.717) is 23.5 Å². The molecule has 0 aliphatic carbocycles. The van der Waals surface area contributed by atoms with Gasteiger partial charge < -0.3 is 14.7 Å². The number of fused-ring (bicyclic) bond motifs is 4. The van der Waals surface area contributed by atoms with E-state index in [1.54, 1.807) is 6.07 Å². The molecule has 3 fully saturated rings. The van der Waals surface area contributed by atoms with Crippen LogP contribution in [0.2, 0.25) is 0 Å². The molecule has 2 bridgehead atoms. The Morgan fingerprint density at radius 1 is 1.00 bits per heavy atom. The van der Waals surface area contributed by atoms with Gasteiger partial charge in [0.15, 0.2) is 5.76 Å². The van der Waals surface area contributed by atoms with Crippen molar-refractivity contribution in [2.45, 2.75) is 31.8 Å². The molecule has 2 N–H and O–H groups in total. The van der Waals surface area contributed by atoms with E-state index in [4.69, 9.17) is 4.42 Å². The highest BCUT2D eigenvalue weighted by Gasteiger charge is 2.40. The number of hydrogen-bond donors (Lipinski definition) is 2. The SMILES string of the molecule is C[C@H]1[C@H](NC(=O)c2ccc(-c3ccc(-c4c[nH]c5ccccc45)cc3)o2)C2CCN1CC2. The summed E-state index contributed by atoms with van der Waals surface area (Å²) in [5.41, 5.74) is 4.42. The second kappa shape index (κ2) is 7.68. The fourth-order valence-corrected chi connectivity index (χ4v) is 5.51. The molecule has 3 aliphatic heterocycles. The molecular weight excluding hydrogens is 398 g/mol. The number of nitrogens with zero attached hydrogens (tertiary/aromatic N) is 1. The summed E-state index contributed by atoms with van der Waals surface area (Å²) in [6.45, 7) is 4.52. The predicted molar refractivity (Wildman–Crippen MR) is 126 cm³/mol. The van der Waals surface area contributed by atoms with Gasteiger partial charge in [0.25, 0.3) is 5.91 Å². The van der Waals surface area contributed by atoms with Gasteiger partial charge in [0, 0.05) is 40.3 Å². The van der Waals surface area contributed by atoms with Crippen LogP contribution in [-0.2, 0) is 0 Å². The van der Waals surface area contributed by atoms with Crippen molar-refractivity contribution in [1.29, 1.82) is 0 Å². The fraction of sp³-hybridized carbons (Fsp3) is 0.296. The van der Waals surface area contributed by atoms with Crippen LogP contribution in [0.15, 0.2) is 71.3 Å². The third-order valence-corrected chi connectivity index (χ3v) is 7.37. The summed E-state index contributed by atoms with van der Waals surface area (Å²) >= 11 is 0. The molecule has 1 amide bonds. The number of aromatic nitrogens is 1. The minimum absolute atomic E-state index is 0.114. The molecule has 0 radical (unpaired) electrons. The minimum atomic E-state index is -0.114. The summed E-state index contributed by atoms with van der Waals surface area (Å²) in [5, 5.41) is 4.46. The third kappa shape index (κ3) is 3.24. The summed E-state index contributed by atoms with van der Waals surface area (Å²) < 4.78 is 5.96. The molecule has 7 rings (SSSR count). The largest absolute Gasteiger partial charge is 0.451 e. The molecule has 2 aromatic carbocycles. The number of nitrogens with one attached hydrogen (secondary N) is 2. The van der Waals surface area contributed by atoms with Crippen molar-refractivity contribution in [3.63, 3.8) is 0 Å². The van der Waals surface area contributed by atoms with E-state index < -0.39 is 0 Å². The number of rotatable bonds is 4. The second-order valence-corrected chi connectivity index (χ2v) is 9.10. The molecule has 0 unspecified atom stereocenters. The molecule has 3 aliphatic rings. The van der Waals surface area contributed by atoms with E-state index in [2.05, 4.69) is 52.5 Å². The molecular formula is C27H27N3O2. The lowest BCUT2D eigenvalue weighted by Gasteiger charge is -2.49. The topological polar surface area (TPSA) is 61.3 Å². The number of para-hydroxylation sites is 1. The van der Waals surface area contributed by atoms with Gasteiger partial charge in [-0.15, -0.1) is 0 Å². The predicted octanol–water partition coefficient (Wildman–Crippen LogP) is 5.31. The number of furan rings is 1. The quantitative estimate of drug-likeness (QED) is 0.466. The number of hydrogen-bond acceptors (Lipinski definition) is 3. The number of H-pyrrole nitrogens is 1. The first-order valence-corrected chi connectivity index (χ1v) is 11.5. The zero-order valence-corrected chi connectivity index (χ0v) is 18.2. The Balaban J connectivity index is 1.19. The maximum Gasteiger partial charge on any atom is 0.287 e. The summed E-state index contributed by atoms with van der Waals surface area (Å²) in [6, 6.07) is 20.9. The molecule has 162 valence electrons. The van der Waals surface area contributed by atoms with Gasteiger partial charge in [0.05, 0.1) is 0 Å². The lowest BCUT2D eigenvalue weighted by atomic mass is 9.79.